The molecule has 2 aromatic heterocycles. The summed E-state index contributed by atoms with van der Waals surface area (Å²) in [6.45, 7) is 9.87. The fourth-order valence-electron chi connectivity index (χ4n) is 1.67. The summed E-state index contributed by atoms with van der Waals surface area (Å²) in [5.74, 6) is 0.0853. The molecule has 0 radical (unpaired) electrons. The van der Waals surface area contributed by atoms with Gasteiger partial charge in [0, 0.05) is 14.5 Å². The van der Waals surface area contributed by atoms with Gasteiger partial charge in [0.15, 0.2) is 0 Å². The van der Waals surface area contributed by atoms with E-state index < -0.39 is 14.0 Å². The van der Waals surface area contributed by atoms with E-state index in [1.54, 1.807) is 7.05 Å². The second kappa shape index (κ2) is 10.2. The molecule has 0 saturated carbocycles. The van der Waals surface area contributed by atoms with Crippen LogP contribution in [0.3, 0.4) is 0 Å². The quantitative estimate of drug-likeness (QED) is 0.870. The van der Waals surface area contributed by atoms with E-state index in [0.29, 0.717) is 24.5 Å². The van der Waals surface area contributed by atoms with Crippen LogP contribution < -0.4 is 5.32 Å². The number of nitrogens with zero attached hydrogens (tertiary/aromatic N) is 7. The fraction of sp³-hybridized carbons (Fsp3) is 0.500. The lowest BCUT2D eigenvalue weighted by Crippen LogP contribution is -2.11. The normalized spacial score (nSPS) is 14.2. The van der Waals surface area contributed by atoms with Crippen LogP contribution in [0.1, 0.15) is 29.9 Å². The molecule has 134 valence electrons. The van der Waals surface area contributed by atoms with E-state index in [2.05, 4.69) is 25.2 Å². The molecule has 2 aromatic rings. The summed E-state index contributed by atoms with van der Waals surface area (Å²) in [6, 6.07) is 2.97. The van der Waals surface area contributed by atoms with Crippen LogP contribution in [0.25, 0.3) is 9.69 Å². The van der Waals surface area contributed by atoms with E-state index in [4.69, 9.17) is 21.4 Å². The van der Waals surface area contributed by atoms with Gasteiger partial charge >= 0.3 is 0 Å². The van der Waals surface area contributed by atoms with Crippen LogP contribution in [-0.2, 0) is 27.0 Å². The maximum absolute atomic E-state index is 7.19. The zero-order valence-corrected chi connectivity index (χ0v) is 13.2. The summed E-state index contributed by atoms with van der Waals surface area (Å²) in [5.41, 5.74) is 1.14. The van der Waals surface area contributed by atoms with Gasteiger partial charge in [-0.15, -0.1) is 10.2 Å². The Kier molecular flexibility index (Phi) is 5.38. The second-order valence-corrected chi connectivity index (χ2v) is 4.80. The summed E-state index contributed by atoms with van der Waals surface area (Å²) in [5, 5.41) is 10.5. The third-order valence-electron chi connectivity index (χ3n) is 2.55. The van der Waals surface area contributed by atoms with Gasteiger partial charge in [0.25, 0.3) is 11.6 Å². The number of nitrogens with one attached hydrogen (secondary N) is 1. The van der Waals surface area contributed by atoms with Gasteiger partial charge in [0.2, 0.25) is 0 Å². The van der Waals surface area contributed by atoms with Crippen molar-refractivity contribution in [1.29, 1.82) is 0 Å². The Morgan fingerprint density at radius 2 is 1.71 bits per heavy atom. The average molecular weight is 340 g/mol. The van der Waals surface area contributed by atoms with Crippen molar-refractivity contribution < 1.29 is 11.1 Å². The van der Waals surface area contributed by atoms with Crippen molar-refractivity contribution in [3.8, 4) is 0 Å². The van der Waals surface area contributed by atoms with Crippen LogP contribution in [0.4, 0.5) is 11.6 Å². The smallest absolute Gasteiger partial charge is 0.252 e. The molecule has 0 aliphatic rings. The number of hydrogen-bond donors (Lipinski definition) is 1. The summed E-state index contributed by atoms with van der Waals surface area (Å²) in [6.07, 6.45) is 0. The molecule has 0 saturated heterocycles. The lowest BCUT2D eigenvalue weighted by Gasteiger charge is -2.04. The van der Waals surface area contributed by atoms with Gasteiger partial charge in [0.05, 0.1) is 33.6 Å². The van der Waals surface area contributed by atoms with Gasteiger partial charge < -0.3 is 21.3 Å². The van der Waals surface area contributed by atoms with Crippen molar-refractivity contribution in [2.75, 3.05) is 21.1 Å². The average Bonchev–Trinajstić information content (AvgIpc) is 3.18. The zero-order valence-electron chi connectivity index (χ0n) is 20.2. The summed E-state index contributed by atoms with van der Waals surface area (Å²) in [7, 11) is 5.43. The number of hydrogen-bond acceptors (Lipinski definition) is 4. The molecule has 0 amide bonds. The van der Waals surface area contributed by atoms with Gasteiger partial charge in [0.1, 0.15) is 0 Å². The molecule has 2 rings (SSSR count). The molecule has 0 aliphatic carbocycles. The molecule has 1 N–H and O–H groups in total. The highest BCUT2D eigenvalue weighted by molar-refractivity contribution is 5.38. The Morgan fingerprint density at radius 1 is 1.21 bits per heavy atom. The Hall–Kier alpha value is -2.68. The molecule has 0 bridgehead atoms. The van der Waals surface area contributed by atoms with Crippen molar-refractivity contribution in [1.82, 2.24) is 29.8 Å². The van der Waals surface area contributed by atoms with Crippen LogP contribution in [-0.4, -0.2) is 45.6 Å². The van der Waals surface area contributed by atoms with E-state index in [0.717, 1.165) is 9.36 Å². The first-order chi connectivity index (χ1) is 13.3. The predicted molar refractivity (Wildman–Crippen MR) is 99.1 cm³/mol. The fourth-order valence-corrected chi connectivity index (χ4v) is 1.67. The van der Waals surface area contributed by atoms with Crippen LogP contribution >= 0.6 is 0 Å². The minimum Gasteiger partial charge on any atom is -1.00 e. The molecule has 0 atom stereocenters. The Labute approximate surface area is 155 Å². The molecular weight excluding hydrogens is 304 g/mol. The molecule has 0 unspecified atom stereocenters. The van der Waals surface area contributed by atoms with Crippen molar-refractivity contribution in [2.45, 2.75) is 20.5 Å². The van der Waals surface area contributed by atoms with Crippen LogP contribution in [0, 0.1) is 13.1 Å². The molecule has 2 heterocycles. The van der Waals surface area contributed by atoms with E-state index in [1.807, 2.05) is 19.0 Å². The number of aryl methyl sites for hydroxylation is 2. The molecule has 0 spiro atoms. The maximum atomic E-state index is 7.19. The number of rotatable bonds is 4. The first kappa shape index (κ1) is 12.7. The summed E-state index contributed by atoms with van der Waals surface area (Å²) < 4.78 is 44.5. The highest BCUT2D eigenvalue weighted by atomic mass is 15.3. The SMILES string of the molecule is C.[2H]C([2H])([2H])n1nc(CN(C)C)cc1[N+]#[C-].[2H]C([2H])([2H])n1nc(CNC)cc1[N+]#[C-].[H-].[HH]. The highest BCUT2D eigenvalue weighted by Gasteiger charge is 2.05. The molecule has 8 heteroatoms. The van der Waals surface area contributed by atoms with Crippen molar-refractivity contribution in [2.24, 2.45) is 14.0 Å². The topological polar surface area (TPSA) is 59.6 Å². The molecule has 0 fully saturated rings. The minimum absolute atomic E-state index is 0. The Morgan fingerprint density at radius 3 is 2.08 bits per heavy atom. The molecule has 24 heavy (non-hydrogen) atoms. The van der Waals surface area contributed by atoms with Crippen LogP contribution in [0.2, 0.25) is 0 Å². The highest BCUT2D eigenvalue weighted by Crippen LogP contribution is 2.13. The maximum Gasteiger partial charge on any atom is 0.252 e. The molecule has 8 nitrogen and oxygen atoms in total. The largest absolute Gasteiger partial charge is 1.00 e. The molecule has 0 aromatic carbocycles. The van der Waals surface area contributed by atoms with Crippen molar-refractivity contribution >= 4 is 11.6 Å². The predicted octanol–water partition coefficient (Wildman–Crippen LogP) is 2.72. The molecular formula is C16H29N8-. The summed E-state index contributed by atoms with van der Waals surface area (Å²) in [4.78, 5) is 8.10. The van der Waals surface area contributed by atoms with E-state index in [9.17, 15) is 0 Å². The van der Waals surface area contributed by atoms with Gasteiger partial charge in [-0.1, -0.05) is 20.6 Å². The zero-order chi connectivity index (χ0) is 22.4. The Balaban J connectivity index is -0.000000481. The first-order valence-corrected chi connectivity index (χ1v) is 6.56. The van der Waals surface area contributed by atoms with Crippen molar-refractivity contribution in [3.63, 3.8) is 0 Å². The van der Waals surface area contributed by atoms with Crippen LogP contribution in [0.5, 0.6) is 0 Å². The third kappa shape index (κ3) is 6.21. The number of aromatic nitrogens is 4. The lowest BCUT2D eigenvalue weighted by molar-refractivity contribution is 0.395. The van der Waals surface area contributed by atoms with Crippen molar-refractivity contribution in [3.05, 3.63) is 46.4 Å². The summed E-state index contributed by atoms with van der Waals surface area (Å²) >= 11 is 0. The first-order valence-electron chi connectivity index (χ1n) is 9.56. The minimum atomic E-state index is -2.38. The van der Waals surface area contributed by atoms with E-state index >= 15 is 0 Å². The van der Waals surface area contributed by atoms with Crippen LogP contribution in [0.15, 0.2) is 12.1 Å². The lowest BCUT2D eigenvalue weighted by atomic mass is 10.4. The standard InChI is InChI=1S/C8H12N4.C7H10N4.CH4.H2.H/c1-9-8-5-7(6-11(2)3)10-12(8)4;1-8-5-6-4-7(9-2)11(3)10-6;;;/h5H,6H2,2-4H3;4,8H,5H2,1,3H3;1H4;1H;/q;;;;-1/i4D3;3D3;;;. The molecule has 0 aliphatic heterocycles. The van der Waals surface area contributed by atoms with E-state index in [-0.39, 0.29) is 21.9 Å². The van der Waals surface area contributed by atoms with Gasteiger partial charge in [-0.05, 0) is 33.3 Å². The monoisotopic (exact) mass is 339 g/mol. The van der Waals surface area contributed by atoms with E-state index in [1.165, 1.54) is 12.1 Å². The third-order valence-corrected chi connectivity index (χ3v) is 2.55. The van der Waals surface area contributed by atoms with Gasteiger partial charge in [-0.2, -0.15) is 0 Å². The van der Waals surface area contributed by atoms with Gasteiger partial charge in [-0.3, -0.25) is 0 Å². The second-order valence-electron chi connectivity index (χ2n) is 4.80. The Bertz CT molecular complexity index is 899. The van der Waals surface area contributed by atoms with Gasteiger partial charge in [-0.25, -0.2) is 9.36 Å².